The molecule has 8 heteroatoms. The number of ether oxygens (including phenoxy) is 3. The number of fused-ring (bicyclic) bond motifs is 2. The summed E-state index contributed by atoms with van der Waals surface area (Å²) < 4.78 is 45.7. The Kier molecular flexibility index (Phi) is 4.22. The lowest BCUT2D eigenvalue weighted by Gasteiger charge is -2.28. The van der Waals surface area contributed by atoms with E-state index in [1.165, 1.54) is 0 Å². The maximum Gasteiger partial charge on any atom is 0.309 e. The van der Waals surface area contributed by atoms with E-state index in [0.717, 1.165) is 25.9 Å². The zero-order chi connectivity index (χ0) is 15.0. The van der Waals surface area contributed by atoms with Crippen LogP contribution in [0.1, 0.15) is 19.3 Å². The number of hydrogen-bond acceptors (Lipinski definition) is 6. The molecule has 3 aliphatic rings. The fraction of sp³-hybridized carbons (Fsp3) is 0.923. The highest BCUT2D eigenvalue weighted by Gasteiger charge is 2.50. The van der Waals surface area contributed by atoms with E-state index in [4.69, 9.17) is 18.8 Å². The minimum absolute atomic E-state index is 0.0760. The molecular formula is C13H20O7S. The fourth-order valence-corrected chi connectivity index (χ4v) is 3.79. The number of rotatable bonds is 7. The van der Waals surface area contributed by atoms with Crippen molar-refractivity contribution < 1.29 is 32.0 Å². The Bertz CT molecular complexity index is 499. The Morgan fingerprint density at radius 3 is 2.67 bits per heavy atom. The van der Waals surface area contributed by atoms with Crippen LogP contribution < -0.4 is 0 Å². The largest absolute Gasteiger partial charge is 0.464 e. The van der Waals surface area contributed by atoms with E-state index in [2.05, 4.69) is 0 Å². The number of epoxide rings is 1. The molecule has 120 valence electrons. The highest BCUT2D eigenvalue weighted by atomic mass is 32.2. The van der Waals surface area contributed by atoms with Crippen LogP contribution >= 0.6 is 0 Å². The monoisotopic (exact) mass is 320 g/mol. The molecular weight excluding hydrogens is 300 g/mol. The molecule has 2 bridgehead atoms. The van der Waals surface area contributed by atoms with Gasteiger partial charge in [0.15, 0.2) is 0 Å². The van der Waals surface area contributed by atoms with Gasteiger partial charge in [-0.2, -0.15) is 8.42 Å². The highest BCUT2D eigenvalue weighted by Crippen LogP contribution is 2.50. The molecule has 1 N–H and O–H groups in total. The summed E-state index contributed by atoms with van der Waals surface area (Å²) in [6.07, 6.45) is 3.02. The first kappa shape index (κ1) is 15.2. The van der Waals surface area contributed by atoms with E-state index in [1.807, 2.05) is 0 Å². The van der Waals surface area contributed by atoms with E-state index >= 15 is 0 Å². The molecule has 3 fully saturated rings. The first-order chi connectivity index (χ1) is 9.92. The zero-order valence-electron chi connectivity index (χ0n) is 11.6. The number of carbonyl (C=O) groups excluding carboxylic acids is 1. The Morgan fingerprint density at radius 1 is 1.29 bits per heavy atom. The third kappa shape index (κ3) is 3.94. The Balaban J connectivity index is 1.47. The lowest BCUT2D eigenvalue weighted by Crippen LogP contribution is -2.34. The SMILES string of the molecule is O=C(OCCS(=O)(=O)O)C1CC2CC(OCC3CO3)C1C2. The van der Waals surface area contributed by atoms with Crippen LogP contribution in [-0.2, 0) is 29.1 Å². The van der Waals surface area contributed by atoms with Gasteiger partial charge in [0.2, 0.25) is 0 Å². The summed E-state index contributed by atoms with van der Waals surface area (Å²) in [6.45, 7) is 1.04. The molecule has 0 amide bonds. The first-order valence-corrected chi connectivity index (χ1v) is 8.88. The van der Waals surface area contributed by atoms with Crippen LogP contribution in [0.15, 0.2) is 0 Å². The van der Waals surface area contributed by atoms with Crippen LogP contribution in [0, 0.1) is 17.8 Å². The second kappa shape index (κ2) is 5.83. The van der Waals surface area contributed by atoms with Gasteiger partial charge < -0.3 is 14.2 Å². The molecule has 3 rings (SSSR count). The quantitative estimate of drug-likeness (QED) is 0.407. The van der Waals surface area contributed by atoms with Crippen LogP contribution in [-0.4, -0.2) is 56.7 Å². The minimum Gasteiger partial charge on any atom is -0.464 e. The third-order valence-corrected chi connectivity index (χ3v) is 5.22. The van der Waals surface area contributed by atoms with Crippen molar-refractivity contribution in [1.82, 2.24) is 0 Å². The van der Waals surface area contributed by atoms with Crippen molar-refractivity contribution >= 4 is 16.1 Å². The van der Waals surface area contributed by atoms with E-state index in [9.17, 15) is 13.2 Å². The average Bonchev–Trinajstić information content (AvgIpc) is 3.01. The Hall–Kier alpha value is -0.700. The molecule has 0 radical (unpaired) electrons. The van der Waals surface area contributed by atoms with Crippen molar-refractivity contribution in [1.29, 1.82) is 0 Å². The predicted molar refractivity (Wildman–Crippen MR) is 71.2 cm³/mol. The summed E-state index contributed by atoms with van der Waals surface area (Å²) in [5.74, 6) is -0.498. The molecule has 0 aromatic heterocycles. The summed E-state index contributed by atoms with van der Waals surface area (Å²) in [7, 11) is -4.09. The van der Waals surface area contributed by atoms with Crippen molar-refractivity contribution in [2.75, 3.05) is 25.6 Å². The van der Waals surface area contributed by atoms with Gasteiger partial charge in [0.05, 0.1) is 25.2 Å². The van der Waals surface area contributed by atoms with Crippen molar-refractivity contribution in [3.63, 3.8) is 0 Å². The molecule has 1 heterocycles. The van der Waals surface area contributed by atoms with Crippen molar-refractivity contribution in [3.05, 3.63) is 0 Å². The summed E-state index contributed by atoms with van der Waals surface area (Å²) in [6, 6.07) is 0. The maximum atomic E-state index is 12.0. The molecule has 5 atom stereocenters. The lowest BCUT2D eigenvalue weighted by atomic mass is 9.86. The topological polar surface area (TPSA) is 102 Å². The Labute approximate surface area is 123 Å². The minimum atomic E-state index is -4.09. The molecule has 2 aliphatic carbocycles. The van der Waals surface area contributed by atoms with Gasteiger partial charge in [-0.25, -0.2) is 0 Å². The number of esters is 1. The molecule has 21 heavy (non-hydrogen) atoms. The second-order valence-electron chi connectivity index (χ2n) is 6.12. The van der Waals surface area contributed by atoms with Gasteiger partial charge in [0.1, 0.15) is 18.5 Å². The molecule has 0 aromatic rings. The van der Waals surface area contributed by atoms with Gasteiger partial charge in [0, 0.05) is 0 Å². The van der Waals surface area contributed by atoms with E-state index in [1.54, 1.807) is 0 Å². The molecule has 0 spiro atoms. The molecule has 0 aromatic carbocycles. The highest BCUT2D eigenvalue weighted by molar-refractivity contribution is 7.85. The fourth-order valence-electron chi connectivity index (χ4n) is 3.50. The maximum absolute atomic E-state index is 12.0. The van der Waals surface area contributed by atoms with Crippen LogP contribution in [0.4, 0.5) is 0 Å². The van der Waals surface area contributed by atoms with Crippen LogP contribution in [0.3, 0.4) is 0 Å². The molecule has 5 unspecified atom stereocenters. The smallest absolute Gasteiger partial charge is 0.309 e. The lowest BCUT2D eigenvalue weighted by molar-refractivity contribution is -0.152. The molecule has 2 saturated carbocycles. The number of hydrogen-bond donors (Lipinski definition) is 1. The third-order valence-electron chi connectivity index (χ3n) is 4.54. The van der Waals surface area contributed by atoms with Crippen molar-refractivity contribution in [2.24, 2.45) is 17.8 Å². The van der Waals surface area contributed by atoms with E-state index < -0.39 is 15.9 Å². The summed E-state index contributed by atoms with van der Waals surface area (Å²) in [5.41, 5.74) is 0. The van der Waals surface area contributed by atoms with Gasteiger partial charge >= 0.3 is 5.97 Å². The molecule has 1 aliphatic heterocycles. The van der Waals surface area contributed by atoms with Gasteiger partial charge in [0.25, 0.3) is 10.1 Å². The molecule has 7 nitrogen and oxygen atoms in total. The van der Waals surface area contributed by atoms with Crippen LogP contribution in [0.2, 0.25) is 0 Å². The van der Waals surface area contributed by atoms with Gasteiger partial charge in [-0.3, -0.25) is 9.35 Å². The van der Waals surface area contributed by atoms with Gasteiger partial charge in [-0.1, -0.05) is 0 Å². The van der Waals surface area contributed by atoms with Gasteiger partial charge in [-0.15, -0.1) is 0 Å². The summed E-state index contributed by atoms with van der Waals surface area (Å²) >= 11 is 0. The normalized spacial score (nSPS) is 37.7. The number of carbonyl (C=O) groups is 1. The van der Waals surface area contributed by atoms with Gasteiger partial charge in [-0.05, 0) is 31.1 Å². The summed E-state index contributed by atoms with van der Waals surface area (Å²) in [4.78, 5) is 12.0. The van der Waals surface area contributed by atoms with E-state index in [0.29, 0.717) is 12.5 Å². The standard InChI is InChI=1S/C13H20O7S/c14-13(18-1-2-21(15,16)17)11-4-8-3-10(11)12(5-8)20-7-9-6-19-9/h8-12H,1-7H2,(H,15,16,17). The summed E-state index contributed by atoms with van der Waals surface area (Å²) in [5, 5.41) is 0. The van der Waals surface area contributed by atoms with Crippen molar-refractivity contribution in [3.8, 4) is 0 Å². The Morgan fingerprint density at radius 2 is 2.05 bits per heavy atom. The zero-order valence-corrected chi connectivity index (χ0v) is 12.5. The average molecular weight is 320 g/mol. The molecule has 1 saturated heterocycles. The predicted octanol–water partition coefficient (Wildman–Crippen LogP) is 0.248. The van der Waals surface area contributed by atoms with E-state index in [-0.39, 0.29) is 36.6 Å². The van der Waals surface area contributed by atoms with Crippen molar-refractivity contribution in [2.45, 2.75) is 31.5 Å². The second-order valence-corrected chi connectivity index (χ2v) is 7.70. The van der Waals surface area contributed by atoms with Crippen LogP contribution in [0.25, 0.3) is 0 Å². The van der Waals surface area contributed by atoms with Crippen LogP contribution in [0.5, 0.6) is 0 Å². The first-order valence-electron chi connectivity index (χ1n) is 7.27.